The van der Waals surface area contributed by atoms with E-state index in [4.69, 9.17) is 11.3 Å². The highest BCUT2D eigenvalue weighted by Crippen LogP contribution is 2.22. The number of amides is 1. The van der Waals surface area contributed by atoms with Crippen LogP contribution in [-0.4, -0.2) is 19.0 Å². The molecule has 0 spiro atoms. The topological polar surface area (TPSA) is 104 Å². The molecule has 1 aromatic rings. The molecular weight excluding hydrogens is 268 g/mol. The van der Waals surface area contributed by atoms with Crippen LogP contribution in [0.3, 0.4) is 0 Å². The van der Waals surface area contributed by atoms with Gasteiger partial charge in [-0.2, -0.15) is 0 Å². The van der Waals surface area contributed by atoms with E-state index in [9.17, 15) is 13.6 Å². The lowest BCUT2D eigenvalue weighted by Crippen LogP contribution is -2.50. The van der Waals surface area contributed by atoms with Crippen LogP contribution in [-0.2, 0) is 10.3 Å². The van der Waals surface area contributed by atoms with E-state index in [0.29, 0.717) is 13.0 Å². The first kappa shape index (κ1) is 15.9. The molecule has 0 aliphatic heterocycles. The number of azide groups is 1. The highest BCUT2D eigenvalue weighted by Gasteiger charge is 2.33. The summed E-state index contributed by atoms with van der Waals surface area (Å²) in [5.41, 5.74) is 12.4. The third-order valence-electron chi connectivity index (χ3n) is 2.97. The zero-order chi connectivity index (χ0) is 15.2. The van der Waals surface area contributed by atoms with Gasteiger partial charge >= 0.3 is 0 Å². The summed E-state index contributed by atoms with van der Waals surface area (Å²) in [5, 5.41) is 6.22. The maximum atomic E-state index is 13.3. The van der Waals surface area contributed by atoms with Crippen LogP contribution in [0.1, 0.15) is 18.9 Å². The number of carbonyl (C=O) groups excluding carboxylic acids is 1. The second kappa shape index (κ2) is 6.83. The van der Waals surface area contributed by atoms with E-state index >= 15 is 0 Å². The van der Waals surface area contributed by atoms with Crippen molar-refractivity contribution >= 4 is 5.91 Å². The fourth-order valence-corrected chi connectivity index (χ4v) is 1.67. The van der Waals surface area contributed by atoms with Gasteiger partial charge in [0.15, 0.2) is 11.6 Å². The van der Waals surface area contributed by atoms with Gasteiger partial charge in [0, 0.05) is 11.5 Å². The van der Waals surface area contributed by atoms with Crippen LogP contribution in [0.25, 0.3) is 10.4 Å². The molecule has 0 radical (unpaired) electrons. The maximum Gasteiger partial charge on any atom is 0.242 e. The monoisotopic (exact) mass is 283 g/mol. The predicted molar refractivity (Wildman–Crippen MR) is 69.5 cm³/mol. The summed E-state index contributed by atoms with van der Waals surface area (Å²) in [5.74, 6) is -2.76. The van der Waals surface area contributed by atoms with E-state index in [1.165, 1.54) is 13.0 Å². The number of rotatable bonds is 7. The molecule has 1 atom stereocenters. The third kappa shape index (κ3) is 3.66. The molecule has 3 N–H and O–H groups in total. The number of hydrogen-bond acceptors (Lipinski definition) is 3. The fraction of sp³-hybridized carbons (Fsp3) is 0.417. The second-order valence-corrected chi connectivity index (χ2v) is 4.35. The quantitative estimate of drug-likeness (QED) is 0.345. The Hall–Kier alpha value is -2.18. The Balaban J connectivity index is 2.87. The second-order valence-electron chi connectivity index (χ2n) is 4.35. The van der Waals surface area contributed by atoms with Crippen LogP contribution in [0.4, 0.5) is 8.78 Å². The van der Waals surface area contributed by atoms with Gasteiger partial charge in [-0.15, -0.1) is 0 Å². The number of nitrogens with two attached hydrogens (primary N) is 1. The van der Waals surface area contributed by atoms with Gasteiger partial charge in [0.25, 0.3) is 0 Å². The zero-order valence-electron chi connectivity index (χ0n) is 10.9. The first-order valence-electron chi connectivity index (χ1n) is 5.93. The van der Waals surface area contributed by atoms with Crippen LogP contribution in [0.2, 0.25) is 0 Å². The summed E-state index contributed by atoms with van der Waals surface area (Å²) in [6, 6.07) is 3.16. The minimum Gasteiger partial charge on any atom is -0.368 e. The lowest BCUT2D eigenvalue weighted by atomic mass is 9.91. The number of benzene rings is 1. The predicted octanol–water partition coefficient (Wildman–Crippen LogP) is 1.96. The molecule has 0 saturated heterocycles. The van der Waals surface area contributed by atoms with Crippen LogP contribution >= 0.6 is 0 Å². The fourth-order valence-electron chi connectivity index (χ4n) is 1.67. The summed E-state index contributed by atoms with van der Waals surface area (Å²) >= 11 is 0. The van der Waals surface area contributed by atoms with Gasteiger partial charge in [0.1, 0.15) is 5.54 Å². The van der Waals surface area contributed by atoms with Crippen LogP contribution in [0.5, 0.6) is 0 Å². The zero-order valence-corrected chi connectivity index (χ0v) is 10.9. The van der Waals surface area contributed by atoms with Gasteiger partial charge in [-0.25, -0.2) is 8.78 Å². The number of carbonyl (C=O) groups is 1. The van der Waals surface area contributed by atoms with Crippen molar-refractivity contribution in [2.45, 2.75) is 18.9 Å². The maximum absolute atomic E-state index is 13.3. The first-order valence-corrected chi connectivity index (χ1v) is 5.93. The Morgan fingerprint density at radius 2 is 2.20 bits per heavy atom. The van der Waals surface area contributed by atoms with Crippen LogP contribution in [0.15, 0.2) is 23.3 Å². The molecular formula is C12H15F2N5O. The average molecular weight is 283 g/mol. The molecule has 0 aromatic heterocycles. The Morgan fingerprint density at radius 1 is 1.50 bits per heavy atom. The van der Waals surface area contributed by atoms with Crippen molar-refractivity contribution in [2.75, 3.05) is 13.1 Å². The Morgan fingerprint density at radius 3 is 2.75 bits per heavy atom. The van der Waals surface area contributed by atoms with E-state index in [-0.39, 0.29) is 12.1 Å². The summed E-state index contributed by atoms with van der Waals surface area (Å²) in [7, 11) is 0. The molecule has 6 nitrogen and oxygen atoms in total. The van der Waals surface area contributed by atoms with E-state index in [1.54, 1.807) is 0 Å². The molecule has 0 bridgehead atoms. The lowest BCUT2D eigenvalue weighted by molar-refractivity contribution is -0.124. The summed E-state index contributed by atoms with van der Waals surface area (Å²) in [6.45, 7) is 2.07. The molecule has 0 fully saturated rings. The summed E-state index contributed by atoms with van der Waals surface area (Å²) < 4.78 is 26.2. The molecule has 0 aliphatic carbocycles. The molecule has 0 saturated carbocycles. The smallest absolute Gasteiger partial charge is 0.242 e. The molecule has 1 rings (SSSR count). The van der Waals surface area contributed by atoms with Crippen molar-refractivity contribution < 1.29 is 13.6 Å². The minimum atomic E-state index is -1.33. The number of halogens is 2. The van der Waals surface area contributed by atoms with Gasteiger partial charge in [-0.3, -0.25) is 10.1 Å². The Bertz CT molecular complexity index is 545. The van der Waals surface area contributed by atoms with Crippen molar-refractivity contribution in [1.29, 1.82) is 0 Å². The largest absolute Gasteiger partial charge is 0.368 e. The van der Waals surface area contributed by atoms with E-state index < -0.39 is 23.1 Å². The number of nitrogens with one attached hydrogen (secondary N) is 1. The summed E-state index contributed by atoms with van der Waals surface area (Å²) in [6.07, 6.45) is 0.483. The van der Waals surface area contributed by atoms with Gasteiger partial charge in [0.2, 0.25) is 5.91 Å². The molecule has 20 heavy (non-hydrogen) atoms. The van der Waals surface area contributed by atoms with E-state index in [2.05, 4.69) is 15.3 Å². The molecule has 8 heteroatoms. The number of nitrogens with zero attached hydrogens (tertiary/aromatic N) is 3. The Kier molecular flexibility index (Phi) is 5.42. The van der Waals surface area contributed by atoms with E-state index in [1.807, 2.05) is 0 Å². The van der Waals surface area contributed by atoms with Gasteiger partial charge in [-0.1, -0.05) is 11.2 Å². The third-order valence-corrected chi connectivity index (χ3v) is 2.97. The highest BCUT2D eigenvalue weighted by atomic mass is 19.2. The summed E-state index contributed by atoms with van der Waals surface area (Å²) in [4.78, 5) is 14.2. The molecule has 108 valence electrons. The standard InChI is InChI=1S/C12H15F2N5O/c1-12(11(15)20,17-5-2-6-18-19-16)8-3-4-9(13)10(14)7-8/h3-4,7,17H,2,5-6H2,1H3,(H2,15,20). The Labute approximate surface area is 114 Å². The first-order chi connectivity index (χ1) is 9.41. The molecule has 1 amide bonds. The van der Waals surface area contributed by atoms with Crippen molar-refractivity contribution in [3.05, 3.63) is 45.8 Å². The lowest BCUT2D eigenvalue weighted by Gasteiger charge is -2.28. The average Bonchev–Trinajstić information content (AvgIpc) is 2.41. The highest BCUT2D eigenvalue weighted by molar-refractivity contribution is 5.85. The van der Waals surface area contributed by atoms with E-state index in [0.717, 1.165) is 12.1 Å². The van der Waals surface area contributed by atoms with Gasteiger partial charge in [0.05, 0.1) is 0 Å². The molecule has 0 heterocycles. The number of primary amides is 1. The van der Waals surface area contributed by atoms with Crippen molar-refractivity contribution in [1.82, 2.24) is 5.32 Å². The normalized spacial score (nSPS) is 13.3. The van der Waals surface area contributed by atoms with Gasteiger partial charge < -0.3 is 5.73 Å². The molecule has 1 unspecified atom stereocenters. The molecule has 1 aromatic carbocycles. The molecule has 0 aliphatic rings. The van der Waals surface area contributed by atoms with Gasteiger partial charge in [-0.05, 0) is 43.1 Å². The van der Waals surface area contributed by atoms with Crippen molar-refractivity contribution in [2.24, 2.45) is 10.8 Å². The van der Waals surface area contributed by atoms with Crippen molar-refractivity contribution in [3.8, 4) is 0 Å². The van der Waals surface area contributed by atoms with Crippen LogP contribution < -0.4 is 11.1 Å². The number of hydrogen-bond donors (Lipinski definition) is 2. The SMILES string of the molecule is CC(NCCCN=[N+]=[N-])(C(N)=O)c1ccc(F)c(F)c1. The van der Waals surface area contributed by atoms with Crippen LogP contribution in [0, 0.1) is 11.6 Å². The van der Waals surface area contributed by atoms with Crippen molar-refractivity contribution in [3.63, 3.8) is 0 Å². The minimum absolute atomic E-state index is 0.229.